The van der Waals surface area contributed by atoms with E-state index in [1.165, 1.54) is 23.1 Å². The standard InChI is InChI=1S/C21H21N5OS2/c1-12-6-7-19(13(2)8-12)26(16(5)27)21-25-17(11-29-21)10-28-20-18(9-22)14(3)23-15(4)24-20/h6-8,11H,10H2,1-5H3. The number of nitrogens with zero attached hydrogens (tertiary/aromatic N) is 5. The first-order valence-electron chi connectivity index (χ1n) is 9.00. The Labute approximate surface area is 178 Å². The van der Waals surface area contributed by atoms with Crippen LogP contribution in [0.5, 0.6) is 0 Å². The Morgan fingerprint density at radius 2 is 1.97 bits per heavy atom. The Bertz CT molecular complexity index is 1120. The van der Waals surface area contributed by atoms with Crippen molar-refractivity contribution in [3.05, 3.63) is 57.5 Å². The molecular weight excluding hydrogens is 402 g/mol. The number of hydrogen-bond acceptors (Lipinski definition) is 7. The van der Waals surface area contributed by atoms with Crippen LogP contribution in [0.3, 0.4) is 0 Å². The highest BCUT2D eigenvalue weighted by Crippen LogP contribution is 2.33. The summed E-state index contributed by atoms with van der Waals surface area (Å²) < 4.78 is 0. The topological polar surface area (TPSA) is 82.8 Å². The SMILES string of the molecule is CC(=O)N(c1nc(CSc2nc(C)nc(C)c2C#N)cs1)c1ccc(C)cc1C. The first kappa shape index (κ1) is 21.0. The summed E-state index contributed by atoms with van der Waals surface area (Å²) in [4.78, 5) is 27.3. The third kappa shape index (κ3) is 4.63. The van der Waals surface area contributed by atoms with E-state index < -0.39 is 0 Å². The quantitative estimate of drug-likeness (QED) is 0.423. The molecule has 0 aliphatic heterocycles. The fourth-order valence-electron chi connectivity index (χ4n) is 2.99. The number of anilines is 2. The van der Waals surface area contributed by atoms with E-state index >= 15 is 0 Å². The number of aryl methyl sites for hydroxylation is 4. The van der Waals surface area contributed by atoms with Crippen molar-refractivity contribution in [1.29, 1.82) is 5.26 Å². The predicted octanol–water partition coefficient (Wildman–Crippen LogP) is 5.02. The largest absolute Gasteiger partial charge is 0.274 e. The van der Waals surface area contributed by atoms with E-state index in [0.29, 0.717) is 33.0 Å². The van der Waals surface area contributed by atoms with Crippen molar-refractivity contribution >= 4 is 39.8 Å². The van der Waals surface area contributed by atoms with E-state index in [1.807, 2.05) is 45.2 Å². The van der Waals surface area contributed by atoms with E-state index in [1.54, 1.807) is 11.8 Å². The average Bonchev–Trinajstić information content (AvgIpc) is 3.10. The van der Waals surface area contributed by atoms with E-state index in [0.717, 1.165) is 22.5 Å². The van der Waals surface area contributed by atoms with Crippen LogP contribution in [-0.4, -0.2) is 20.9 Å². The Morgan fingerprint density at radius 1 is 1.21 bits per heavy atom. The van der Waals surface area contributed by atoms with Crippen LogP contribution in [0, 0.1) is 39.0 Å². The Kier molecular flexibility index (Phi) is 6.30. The summed E-state index contributed by atoms with van der Waals surface area (Å²) in [6, 6.07) is 8.18. The first-order valence-corrected chi connectivity index (χ1v) is 10.9. The van der Waals surface area contributed by atoms with Gasteiger partial charge in [-0.25, -0.2) is 15.0 Å². The molecule has 0 fully saturated rings. The van der Waals surface area contributed by atoms with Gasteiger partial charge in [0.25, 0.3) is 0 Å². The second kappa shape index (κ2) is 8.72. The molecule has 6 nitrogen and oxygen atoms in total. The minimum absolute atomic E-state index is 0.0840. The predicted molar refractivity (Wildman–Crippen MR) is 117 cm³/mol. The number of carbonyl (C=O) groups is 1. The van der Waals surface area contributed by atoms with E-state index in [-0.39, 0.29) is 5.91 Å². The highest BCUT2D eigenvalue weighted by Gasteiger charge is 2.20. The van der Waals surface area contributed by atoms with Crippen LogP contribution in [0.15, 0.2) is 28.6 Å². The molecule has 1 aromatic carbocycles. The molecule has 3 rings (SSSR count). The maximum atomic E-state index is 12.4. The summed E-state index contributed by atoms with van der Waals surface area (Å²) in [7, 11) is 0. The number of nitriles is 1. The lowest BCUT2D eigenvalue weighted by molar-refractivity contribution is -0.115. The maximum Gasteiger partial charge on any atom is 0.230 e. The fraction of sp³-hybridized carbons (Fsp3) is 0.286. The number of thioether (sulfide) groups is 1. The summed E-state index contributed by atoms with van der Waals surface area (Å²) in [5.41, 5.74) is 5.02. The number of hydrogen-bond donors (Lipinski definition) is 0. The Hall–Kier alpha value is -2.76. The van der Waals surface area contributed by atoms with E-state index in [9.17, 15) is 10.1 Å². The minimum atomic E-state index is -0.0840. The molecule has 0 saturated heterocycles. The lowest BCUT2D eigenvalue weighted by atomic mass is 10.1. The van der Waals surface area contributed by atoms with Gasteiger partial charge in [-0.05, 0) is 39.3 Å². The van der Waals surface area contributed by atoms with Crippen molar-refractivity contribution < 1.29 is 4.79 Å². The third-order valence-electron chi connectivity index (χ3n) is 4.28. The van der Waals surface area contributed by atoms with Crippen LogP contribution < -0.4 is 4.90 Å². The molecule has 0 aliphatic rings. The molecule has 29 heavy (non-hydrogen) atoms. The van der Waals surface area contributed by atoms with Crippen LogP contribution in [-0.2, 0) is 10.5 Å². The van der Waals surface area contributed by atoms with Gasteiger partial charge in [-0.1, -0.05) is 29.5 Å². The number of carbonyl (C=O) groups excluding carboxylic acids is 1. The van der Waals surface area contributed by atoms with Crippen LogP contribution in [0.1, 0.15) is 40.8 Å². The second-order valence-corrected chi connectivity index (χ2v) is 8.50. The average molecular weight is 424 g/mol. The number of amides is 1. The van der Waals surface area contributed by atoms with Crippen molar-refractivity contribution in [2.75, 3.05) is 4.90 Å². The minimum Gasteiger partial charge on any atom is -0.274 e. The van der Waals surface area contributed by atoms with Gasteiger partial charge >= 0.3 is 0 Å². The molecule has 2 aromatic heterocycles. The molecule has 0 radical (unpaired) electrons. The maximum absolute atomic E-state index is 12.4. The number of aromatic nitrogens is 3. The molecular formula is C21H21N5OS2. The summed E-state index contributed by atoms with van der Waals surface area (Å²) in [5.74, 6) is 1.11. The molecule has 8 heteroatoms. The van der Waals surface area contributed by atoms with Crippen molar-refractivity contribution in [3.63, 3.8) is 0 Å². The van der Waals surface area contributed by atoms with Crippen LogP contribution in [0.2, 0.25) is 0 Å². The van der Waals surface area contributed by atoms with Gasteiger partial charge in [0, 0.05) is 18.1 Å². The molecule has 0 N–H and O–H groups in total. The van der Waals surface area contributed by atoms with Gasteiger partial charge < -0.3 is 0 Å². The zero-order valence-electron chi connectivity index (χ0n) is 17.0. The molecule has 3 aromatic rings. The molecule has 0 spiro atoms. The molecule has 0 bridgehead atoms. The van der Waals surface area contributed by atoms with Crippen molar-refractivity contribution in [2.24, 2.45) is 0 Å². The normalized spacial score (nSPS) is 10.6. The van der Waals surface area contributed by atoms with Gasteiger partial charge in [-0.15, -0.1) is 11.3 Å². The zero-order chi connectivity index (χ0) is 21.1. The van der Waals surface area contributed by atoms with Crippen LogP contribution in [0.25, 0.3) is 0 Å². The van der Waals surface area contributed by atoms with Crippen molar-refractivity contribution in [2.45, 2.75) is 45.4 Å². The monoisotopic (exact) mass is 423 g/mol. The molecule has 1 amide bonds. The molecule has 0 aliphatic carbocycles. The van der Waals surface area contributed by atoms with Crippen molar-refractivity contribution in [1.82, 2.24) is 15.0 Å². The lowest BCUT2D eigenvalue weighted by Gasteiger charge is -2.20. The van der Waals surface area contributed by atoms with Gasteiger partial charge in [-0.3, -0.25) is 9.69 Å². The molecule has 0 saturated carbocycles. The molecule has 148 valence electrons. The Balaban J connectivity index is 1.85. The van der Waals surface area contributed by atoms with Crippen LogP contribution >= 0.6 is 23.1 Å². The van der Waals surface area contributed by atoms with Gasteiger partial charge in [-0.2, -0.15) is 5.26 Å². The number of benzene rings is 1. The third-order valence-corrected chi connectivity index (χ3v) is 6.16. The van der Waals surface area contributed by atoms with Gasteiger partial charge in [0.1, 0.15) is 22.5 Å². The van der Waals surface area contributed by atoms with Gasteiger partial charge in [0.2, 0.25) is 5.91 Å². The summed E-state index contributed by atoms with van der Waals surface area (Å²) in [5, 5.41) is 12.6. The summed E-state index contributed by atoms with van der Waals surface area (Å²) in [6.45, 7) is 9.19. The highest BCUT2D eigenvalue weighted by molar-refractivity contribution is 7.98. The summed E-state index contributed by atoms with van der Waals surface area (Å²) in [6.07, 6.45) is 0. The Morgan fingerprint density at radius 3 is 2.62 bits per heavy atom. The van der Waals surface area contributed by atoms with Gasteiger partial charge in [0.15, 0.2) is 5.13 Å². The summed E-state index contributed by atoms with van der Waals surface area (Å²) >= 11 is 2.88. The van der Waals surface area contributed by atoms with E-state index in [2.05, 4.69) is 27.1 Å². The molecule has 0 unspecified atom stereocenters. The highest BCUT2D eigenvalue weighted by atomic mass is 32.2. The molecule has 0 atom stereocenters. The second-order valence-electron chi connectivity index (χ2n) is 6.70. The molecule has 2 heterocycles. The van der Waals surface area contributed by atoms with Gasteiger partial charge in [0.05, 0.1) is 17.1 Å². The number of rotatable bonds is 5. The fourth-order valence-corrected chi connectivity index (χ4v) is 4.94. The van der Waals surface area contributed by atoms with E-state index in [4.69, 9.17) is 0 Å². The smallest absolute Gasteiger partial charge is 0.230 e. The van der Waals surface area contributed by atoms with Crippen LogP contribution in [0.4, 0.5) is 10.8 Å². The number of thiazole rings is 1. The van der Waals surface area contributed by atoms with Crippen molar-refractivity contribution in [3.8, 4) is 6.07 Å². The zero-order valence-corrected chi connectivity index (χ0v) is 18.6. The lowest BCUT2D eigenvalue weighted by Crippen LogP contribution is -2.23. The first-order chi connectivity index (χ1) is 13.8.